The maximum Gasteiger partial charge on any atom is 0.431 e. The van der Waals surface area contributed by atoms with Gasteiger partial charge in [-0.3, -0.25) is 0 Å². The van der Waals surface area contributed by atoms with Crippen molar-refractivity contribution in [2.45, 2.75) is 31.2 Å². The van der Waals surface area contributed by atoms with Gasteiger partial charge in [0.15, 0.2) is 5.84 Å². The van der Waals surface area contributed by atoms with E-state index in [0.717, 1.165) is 17.1 Å². The van der Waals surface area contributed by atoms with Crippen molar-refractivity contribution in [2.24, 2.45) is 20.8 Å². The molecule has 142 valence electrons. The molecule has 6 nitrogen and oxygen atoms in total. The molecule has 27 heavy (non-hydrogen) atoms. The summed E-state index contributed by atoms with van der Waals surface area (Å²) in [6.45, 7) is 1.35. The average Bonchev–Trinajstić information content (AvgIpc) is 3.01. The first-order valence-electron chi connectivity index (χ1n) is 7.36. The molecule has 2 N–H and O–H groups in total. The summed E-state index contributed by atoms with van der Waals surface area (Å²) in [7, 11) is 0. The monoisotopic (exact) mass is 388 g/mol. The van der Waals surface area contributed by atoms with Crippen LogP contribution in [0.3, 0.4) is 0 Å². The molecule has 0 radical (unpaired) electrons. The third kappa shape index (κ3) is 3.09. The highest BCUT2D eigenvalue weighted by Gasteiger charge is 2.55. The summed E-state index contributed by atoms with van der Waals surface area (Å²) in [6, 6.07) is 4.12. The van der Waals surface area contributed by atoms with E-state index in [0.29, 0.717) is 6.07 Å². The number of halogens is 6. The topological polar surface area (TPSA) is 90.1 Å². The van der Waals surface area contributed by atoms with Gasteiger partial charge in [-0.25, -0.2) is 10.0 Å². The Kier molecular flexibility index (Phi) is 3.94. The zero-order chi connectivity index (χ0) is 20.2. The number of nitriles is 1. The van der Waals surface area contributed by atoms with E-state index in [1.54, 1.807) is 0 Å². The first kappa shape index (κ1) is 18.7. The van der Waals surface area contributed by atoms with E-state index >= 15 is 0 Å². The van der Waals surface area contributed by atoms with Crippen LogP contribution in [0.5, 0.6) is 0 Å². The molecule has 0 spiro atoms. The van der Waals surface area contributed by atoms with Crippen molar-refractivity contribution in [1.82, 2.24) is 5.01 Å². The Morgan fingerprint density at radius 2 is 1.89 bits per heavy atom. The van der Waals surface area contributed by atoms with Crippen molar-refractivity contribution in [1.29, 1.82) is 5.26 Å². The normalized spacial score (nSPS) is 23.9. The maximum absolute atomic E-state index is 13.1. The van der Waals surface area contributed by atoms with Gasteiger partial charge in [0.25, 0.3) is 0 Å². The molecule has 1 aromatic carbocycles. The van der Waals surface area contributed by atoms with Gasteiger partial charge < -0.3 is 5.73 Å². The van der Waals surface area contributed by atoms with Crippen LogP contribution >= 0.6 is 0 Å². The van der Waals surface area contributed by atoms with Gasteiger partial charge >= 0.3 is 12.4 Å². The van der Waals surface area contributed by atoms with Crippen LogP contribution in [-0.2, 0) is 6.18 Å². The van der Waals surface area contributed by atoms with E-state index < -0.39 is 41.2 Å². The molecule has 2 aliphatic heterocycles. The number of rotatable bonds is 1. The van der Waals surface area contributed by atoms with Gasteiger partial charge in [0.1, 0.15) is 11.3 Å². The SMILES string of the molecule is CC12CC(C(F)(F)F)=NN1C(N)=N/C2=N\c1ccc(C#N)c(C(F)(F)F)c1. The number of hydrogen-bond donors (Lipinski definition) is 1. The van der Waals surface area contributed by atoms with Crippen molar-refractivity contribution < 1.29 is 26.3 Å². The molecule has 0 aliphatic carbocycles. The molecule has 12 heteroatoms. The van der Waals surface area contributed by atoms with Crippen LogP contribution < -0.4 is 5.73 Å². The number of fused-ring (bicyclic) bond motifs is 1. The number of amidine groups is 1. The van der Waals surface area contributed by atoms with Crippen LogP contribution in [0.1, 0.15) is 24.5 Å². The number of guanidine groups is 1. The summed E-state index contributed by atoms with van der Waals surface area (Å²) in [5.41, 5.74) is 1.00. The van der Waals surface area contributed by atoms with Crippen molar-refractivity contribution >= 4 is 23.2 Å². The third-order valence-corrected chi connectivity index (χ3v) is 4.11. The largest absolute Gasteiger partial charge is 0.431 e. The Labute approximate surface area is 148 Å². The van der Waals surface area contributed by atoms with E-state index in [9.17, 15) is 26.3 Å². The predicted octanol–water partition coefficient (Wildman–Crippen LogP) is 3.32. The van der Waals surface area contributed by atoms with Gasteiger partial charge in [-0.1, -0.05) is 0 Å². The van der Waals surface area contributed by atoms with Gasteiger partial charge in [-0.05, 0) is 25.1 Å². The van der Waals surface area contributed by atoms with Gasteiger partial charge in [0.2, 0.25) is 5.96 Å². The van der Waals surface area contributed by atoms with E-state index in [2.05, 4.69) is 15.1 Å². The standard InChI is InChI=1S/C15H10F6N6/c1-13-5-10(15(19,20)21)26-27(13)12(23)25-11(13)24-8-3-2-7(6-22)9(4-8)14(16,17)18/h2-4H,5H2,1H3,(H2,23,24,25). The lowest BCUT2D eigenvalue weighted by Gasteiger charge is -2.25. The maximum atomic E-state index is 13.1. The molecule has 2 heterocycles. The predicted molar refractivity (Wildman–Crippen MR) is 83.2 cm³/mol. The fourth-order valence-electron chi connectivity index (χ4n) is 2.78. The van der Waals surface area contributed by atoms with E-state index in [-0.39, 0.29) is 17.5 Å². The zero-order valence-corrected chi connectivity index (χ0v) is 13.5. The first-order chi connectivity index (χ1) is 12.4. The summed E-state index contributed by atoms with van der Waals surface area (Å²) >= 11 is 0. The van der Waals surface area contributed by atoms with Crippen LogP contribution in [0, 0.1) is 11.3 Å². The second-order valence-corrected chi connectivity index (χ2v) is 6.05. The van der Waals surface area contributed by atoms with Crippen molar-refractivity contribution in [3.05, 3.63) is 29.3 Å². The molecule has 1 aromatic rings. The quantitative estimate of drug-likeness (QED) is 0.749. The Bertz CT molecular complexity index is 936. The van der Waals surface area contributed by atoms with Gasteiger partial charge in [0, 0.05) is 6.42 Å². The Balaban J connectivity index is 2.04. The van der Waals surface area contributed by atoms with Crippen molar-refractivity contribution in [3.8, 4) is 6.07 Å². The summed E-state index contributed by atoms with van der Waals surface area (Å²) in [5.74, 6) is -0.555. The number of aliphatic imine (C=N–C) groups is 2. The Morgan fingerprint density at radius 3 is 2.44 bits per heavy atom. The van der Waals surface area contributed by atoms with Crippen molar-refractivity contribution in [2.75, 3.05) is 0 Å². The molecule has 0 aromatic heterocycles. The molecule has 0 saturated heterocycles. The van der Waals surface area contributed by atoms with Crippen LogP contribution in [0.15, 0.2) is 33.3 Å². The molecule has 0 amide bonds. The number of hydrogen-bond acceptors (Lipinski definition) is 5. The minimum Gasteiger partial charge on any atom is -0.368 e. The van der Waals surface area contributed by atoms with Gasteiger partial charge in [-0.15, -0.1) is 0 Å². The third-order valence-electron chi connectivity index (χ3n) is 4.11. The van der Waals surface area contributed by atoms with Gasteiger partial charge in [0.05, 0.1) is 22.9 Å². The van der Waals surface area contributed by atoms with E-state index in [1.165, 1.54) is 13.0 Å². The number of benzene rings is 1. The summed E-state index contributed by atoms with van der Waals surface area (Å²) < 4.78 is 78.1. The number of nitrogens with two attached hydrogens (primary N) is 1. The average molecular weight is 388 g/mol. The van der Waals surface area contributed by atoms with Gasteiger partial charge in [-0.2, -0.15) is 41.7 Å². The van der Waals surface area contributed by atoms with Crippen LogP contribution in [-0.4, -0.2) is 34.2 Å². The molecule has 0 fully saturated rings. The number of nitrogens with zero attached hydrogens (tertiary/aromatic N) is 5. The fourth-order valence-corrected chi connectivity index (χ4v) is 2.78. The summed E-state index contributed by atoms with van der Waals surface area (Å²) in [6.07, 6.45) is -10.1. The molecule has 1 unspecified atom stereocenters. The van der Waals surface area contributed by atoms with Crippen LogP contribution in [0.2, 0.25) is 0 Å². The van der Waals surface area contributed by atoms with E-state index in [1.807, 2.05) is 0 Å². The molecule has 0 saturated carbocycles. The minimum atomic E-state index is -4.80. The lowest BCUT2D eigenvalue weighted by molar-refractivity contribution is -0.137. The van der Waals surface area contributed by atoms with Crippen molar-refractivity contribution in [3.63, 3.8) is 0 Å². The smallest absolute Gasteiger partial charge is 0.368 e. The molecule has 1 atom stereocenters. The Hall–Kier alpha value is -3.10. The lowest BCUT2D eigenvalue weighted by Crippen LogP contribution is -2.45. The van der Waals surface area contributed by atoms with E-state index in [4.69, 9.17) is 11.0 Å². The highest BCUT2D eigenvalue weighted by molar-refractivity contribution is 6.13. The summed E-state index contributed by atoms with van der Waals surface area (Å²) in [5, 5.41) is 13.1. The first-order valence-corrected chi connectivity index (χ1v) is 7.36. The second kappa shape index (κ2) is 5.70. The van der Waals surface area contributed by atoms with Crippen LogP contribution in [0.4, 0.5) is 32.0 Å². The fraction of sp³-hybridized carbons (Fsp3) is 0.333. The highest BCUT2D eigenvalue weighted by atomic mass is 19.4. The number of alkyl halides is 6. The number of hydrazone groups is 1. The highest BCUT2D eigenvalue weighted by Crippen LogP contribution is 2.40. The second-order valence-electron chi connectivity index (χ2n) is 6.05. The lowest BCUT2D eigenvalue weighted by atomic mass is 9.95. The minimum absolute atomic E-state index is 0.208. The molecule has 2 aliphatic rings. The molecular weight excluding hydrogens is 378 g/mol. The zero-order valence-electron chi connectivity index (χ0n) is 13.5. The Morgan fingerprint density at radius 1 is 1.22 bits per heavy atom. The molecular formula is C15H10F6N6. The molecule has 0 bridgehead atoms. The summed E-state index contributed by atoms with van der Waals surface area (Å²) in [4.78, 5) is 7.79. The van der Waals surface area contributed by atoms with Crippen LogP contribution in [0.25, 0.3) is 0 Å². The molecule has 3 rings (SSSR count).